The number of fused-ring (bicyclic) bond motifs is 1. The van der Waals surface area contributed by atoms with Crippen molar-refractivity contribution in [3.63, 3.8) is 0 Å². The Bertz CT molecular complexity index is 429. The number of ether oxygens (including phenoxy) is 2. The summed E-state index contributed by atoms with van der Waals surface area (Å²) in [5.41, 5.74) is 2.33. The van der Waals surface area contributed by atoms with Crippen LogP contribution in [0.5, 0.6) is 11.5 Å². The first kappa shape index (κ1) is 11.3. The molecule has 16 heavy (non-hydrogen) atoms. The van der Waals surface area contributed by atoms with Crippen LogP contribution >= 0.6 is 11.8 Å². The first-order valence-corrected chi connectivity index (χ1v) is 6.21. The second-order valence-electron chi connectivity index (χ2n) is 3.44. The van der Waals surface area contributed by atoms with E-state index < -0.39 is 0 Å². The topological polar surface area (TPSA) is 30.8 Å². The Hall–Kier alpha value is -1.16. The van der Waals surface area contributed by atoms with Crippen molar-refractivity contribution >= 4 is 17.5 Å². The van der Waals surface area contributed by atoms with Gasteiger partial charge in [-0.25, -0.2) is 0 Å². The fraction of sp³-hybridized carbons (Fsp3) is 0.417. The lowest BCUT2D eigenvalue weighted by molar-refractivity contribution is 0.354. The third kappa shape index (κ3) is 1.89. The van der Waals surface area contributed by atoms with Crippen molar-refractivity contribution in [2.75, 3.05) is 20.1 Å². The smallest absolute Gasteiger partial charge is 0.161 e. The van der Waals surface area contributed by atoms with E-state index in [4.69, 9.17) is 9.47 Å². The molecule has 0 amide bonds. The summed E-state index contributed by atoms with van der Waals surface area (Å²) < 4.78 is 10.6. The summed E-state index contributed by atoms with van der Waals surface area (Å²) in [7, 11) is 3.32. The third-order valence-electron chi connectivity index (χ3n) is 2.61. The average molecular weight is 237 g/mol. The van der Waals surface area contributed by atoms with Crippen LogP contribution in [0.15, 0.2) is 22.0 Å². The SMILES string of the molecule is CCC1=NCSc2cc(OC)c(OC)cc21. The summed E-state index contributed by atoms with van der Waals surface area (Å²) in [6, 6.07) is 4.05. The van der Waals surface area contributed by atoms with E-state index >= 15 is 0 Å². The zero-order chi connectivity index (χ0) is 11.5. The first-order chi connectivity index (χ1) is 7.80. The Balaban J connectivity index is 2.52. The van der Waals surface area contributed by atoms with E-state index in [1.54, 1.807) is 26.0 Å². The molecule has 0 N–H and O–H groups in total. The zero-order valence-electron chi connectivity index (χ0n) is 9.74. The van der Waals surface area contributed by atoms with Crippen LogP contribution in [-0.4, -0.2) is 25.8 Å². The van der Waals surface area contributed by atoms with Gasteiger partial charge >= 0.3 is 0 Å². The molecule has 1 aromatic rings. The summed E-state index contributed by atoms with van der Waals surface area (Å²) in [6.45, 7) is 2.12. The molecule has 0 aliphatic carbocycles. The molecule has 0 radical (unpaired) electrons. The fourth-order valence-corrected chi connectivity index (χ4v) is 2.65. The molecule has 0 atom stereocenters. The van der Waals surface area contributed by atoms with Crippen LogP contribution in [0.2, 0.25) is 0 Å². The molecule has 0 spiro atoms. The Morgan fingerprint density at radius 3 is 2.56 bits per heavy atom. The summed E-state index contributed by atoms with van der Waals surface area (Å²) in [6.07, 6.45) is 0.947. The molecule has 3 nitrogen and oxygen atoms in total. The van der Waals surface area contributed by atoms with Crippen molar-refractivity contribution in [2.24, 2.45) is 4.99 Å². The van der Waals surface area contributed by atoms with Gasteiger partial charge in [-0.3, -0.25) is 4.99 Å². The third-order valence-corrected chi connectivity index (χ3v) is 3.51. The Kier molecular flexibility index (Phi) is 3.39. The quantitative estimate of drug-likeness (QED) is 0.809. The van der Waals surface area contributed by atoms with Crippen LogP contribution in [0.25, 0.3) is 0 Å². The lowest BCUT2D eigenvalue weighted by Crippen LogP contribution is -2.07. The molecule has 0 bridgehead atoms. The van der Waals surface area contributed by atoms with Crippen molar-refractivity contribution in [3.05, 3.63) is 17.7 Å². The Morgan fingerprint density at radius 1 is 1.25 bits per heavy atom. The molecule has 0 fully saturated rings. The molecular weight excluding hydrogens is 222 g/mol. The predicted octanol–water partition coefficient (Wildman–Crippen LogP) is 2.97. The van der Waals surface area contributed by atoms with Gasteiger partial charge in [0.05, 0.1) is 20.1 Å². The number of rotatable bonds is 3. The molecule has 4 heteroatoms. The van der Waals surface area contributed by atoms with Crippen molar-refractivity contribution in [2.45, 2.75) is 18.2 Å². The normalized spacial score (nSPS) is 14.1. The lowest BCUT2D eigenvalue weighted by Gasteiger charge is -2.18. The number of thioether (sulfide) groups is 1. The number of hydrogen-bond donors (Lipinski definition) is 0. The molecule has 0 aromatic heterocycles. The molecule has 2 rings (SSSR count). The van der Waals surface area contributed by atoms with Gasteiger partial charge in [0.15, 0.2) is 11.5 Å². The van der Waals surface area contributed by atoms with Gasteiger partial charge in [-0.15, -0.1) is 11.8 Å². The van der Waals surface area contributed by atoms with Gasteiger partial charge in [0.2, 0.25) is 0 Å². The van der Waals surface area contributed by atoms with Gasteiger partial charge in [-0.1, -0.05) is 6.92 Å². The average Bonchev–Trinajstić information content (AvgIpc) is 2.36. The molecule has 0 unspecified atom stereocenters. The van der Waals surface area contributed by atoms with Gasteiger partial charge in [0.25, 0.3) is 0 Å². The maximum Gasteiger partial charge on any atom is 0.161 e. The Morgan fingerprint density at radius 2 is 1.94 bits per heavy atom. The highest BCUT2D eigenvalue weighted by Gasteiger charge is 2.17. The largest absolute Gasteiger partial charge is 0.493 e. The van der Waals surface area contributed by atoms with Crippen LogP contribution in [0.4, 0.5) is 0 Å². The maximum absolute atomic E-state index is 5.31. The number of benzene rings is 1. The highest BCUT2D eigenvalue weighted by atomic mass is 32.2. The van der Waals surface area contributed by atoms with E-state index in [1.807, 2.05) is 12.1 Å². The van der Waals surface area contributed by atoms with E-state index in [0.29, 0.717) is 0 Å². The number of methoxy groups -OCH3 is 2. The molecular formula is C12H15NO2S. The van der Waals surface area contributed by atoms with E-state index in [0.717, 1.165) is 29.5 Å². The van der Waals surface area contributed by atoms with Crippen molar-refractivity contribution in [1.29, 1.82) is 0 Å². The van der Waals surface area contributed by atoms with Crippen LogP contribution in [0, 0.1) is 0 Å². The van der Waals surface area contributed by atoms with E-state index in [9.17, 15) is 0 Å². The van der Waals surface area contributed by atoms with Crippen molar-refractivity contribution < 1.29 is 9.47 Å². The molecule has 86 valence electrons. The van der Waals surface area contributed by atoms with Gasteiger partial charge in [-0.2, -0.15) is 0 Å². The highest BCUT2D eigenvalue weighted by Crippen LogP contribution is 2.38. The minimum atomic E-state index is 0.768. The van der Waals surface area contributed by atoms with Crippen LogP contribution in [0.1, 0.15) is 18.9 Å². The number of hydrogen-bond acceptors (Lipinski definition) is 4. The molecule has 0 saturated carbocycles. The standard InChI is InChI=1S/C12H15NO2S/c1-4-9-8-5-10(14-2)11(15-3)6-12(8)16-7-13-9/h5-6H,4,7H2,1-3H3. The van der Waals surface area contributed by atoms with Crippen molar-refractivity contribution in [1.82, 2.24) is 0 Å². The van der Waals surface area contributed by atoms with Gasteiger partial charge in [0, 0.05) is 16.2 Å². The Labute approximate surface area is 99.9 Å². The zero-order valence-corrected chi connectivity index (χ0v) is 10.6. The minimum Gasteiger partial charge on any atom is -0.493 e. The van der Waals surface area contributed by atoms with Gasteiger partial charge < -0.3 is 9.47 Å². The summed E-state index contributed by atoms with van der Waals surface area (Å²) in [4.78, 5) is 5.73. The second kappa shape index (κ2) is 4.78. The van der Waals surface area contributed by atoms with E-state index in [1.165, 1.54) is 10.5 Å². The molecule has 1 aliphatic heterocycles. The van der Waals surface area contributed by atoms with Gasteiger partial charge in [-0.05, 0) is 18.6 Å². The predicted molar refractivity (Wildman–Crippen MR) is 67.1 cm³/mol. The molecule has 1 aromatic carbocycles. The summed E-state index contributed by atoms with van der Waals surface area (Å²) >= 11 is 1.73. The summed E-state index contributed by atoms with van der Waals surface area (Å²) in [5.74, 6) is 2.35. The van der Waals surface area contributed by atoms with Crippen LogP contribution < -0.4 is 9.47 Å². The van der Waals surface area contributed by atoms with E-state index in [-0.39, 0.29) is 0 Å². The lowest BCUT2D eigenvalue weighted by atomic mass is 10.1. The monoisotopic (exact) mass is 237 g/mol. The fourth-order valence-electron chi connectivity index (χ4n) is 1.77. The van der Waals surface area contributed by atoms with Crippen molar-refractivity contribution in [3.8, 4) is 11.5 Å². The number of nitrogens with zero attached hydrogens (tertiary/aromatic N) is 1. The minimum absolute atomic E-state index is 0.768. The summed E-state index contributed by atoms with van der Waals surface area (Å²) in [5, 5.41) is 0. The second-order valence-corrected chi connectivity index (χ2v) is 4.42. The first-order valence-electron chi connectivity index (χ1n) is 5.22. The van der Waals surface area contributed by atoms with Gasteiger partial charge in [0.1, 0.15) is 0 Å². The highest BCUT2D eigenvalue weighted by molar-refractivity contribution is 7.99. The van der Waals surface area contributed by atoms with Crippen LogP contribution in [-0.2, 0) is 0 Å². The molecule has 1 aliphatic rings. The number of aliphatic imine (C=N–C) groups is 1. The molecule has 0 saturated heterocycles. The maximum atomic E-state index is 5.31. The van der Waals surface area contributed by atoms with E-state index in [2.05, 4.69) is 11.9 Å². The van der Waals surface area contributed by atoms with Crippen LogP contribution in [0.3, 0.4) is 0 Å². The molecule has 1 heterocycles.